The van der Waals surface area contributed by atoms with Crippen molar-refractivity contribution in [2.45, 2.75) is 13.0 Å². The third-order valence-corrected chi connectivity index (χ3v) is 4.32. The SMILES string of the molecule is COC(=O)c1cc(CNC(=O)c2ccc(=O)oc2)cc(NC(=O)Cc2ccccc2)c1. The Hall–Kier alpha value is -4.20. The summed E-state index contributed by atoms with van der Waals surface area (Å²) in [4.78, 5) is 47.7. The van der Waals surface area contributed by atoms with Crippen LogP contribution >= 0.6 is 0 Å². The largest absolute Gasteiger partial charge is 0.465 e. The van der Waals surface area contributed by atoms with Crippen LogP contribution in [0.4, 0.5) is 5.69 Å². The van der Waals surface area contributed by atoms with Crippen molar-refractivity contribution in [1.29, 1.82) is 0 Å². The van der Waals surface area contributed by atoms with Gasteiger partial charge in [0, 0.05) is 18.3 Å². The third-order valence-electron chi connectivity index (χ3n) is 4.32. The third kappa shape index (κ3) is 6.14. The van der Waals surface area contributed by atoms with Crippen molar-refractivity contribution >= 4 is 23.5 Å². The molecule has 0 radical (unpaired) electrons. The zero-order valence-electron chi connectivity index (χ0n) is 16.7. The van der Waals surface area contributed by atoms with Crippen molar-refractivity contribution in [2.75, 3.05) is 12.4 Å². The lowest BCUT2D eigenvalue weighted by Gasteiger charge is -2.11. The van der Waals surface area contributed by atoms with E-state index < -0.39 is 17.5 Å². The highest BCUT2D eigenvalue weighted by atomic mass is 16.5. The van der Waals surface area contributed by atoms with Crippen molar-refractivity contribution in [2.24, 2.45) is 0 Å². The first-order chi connectivity index (χ1) is 14.9. The molecule has 3 aromatic rings. The van der Waals surface area contributed by atoms with Gasteiger partial charge >= 0.3 is 11.6 Å². The first-order valence-corrected chi connectivity index (χ1v) is 9.38. The smallest absolute Gasteiger partial charge is 0.337 e. The quantitative estimate of drug-likeness (QED) is 0.568. The summed E-state index contributed by atoms with van der Waals surface area (Å²) in [5, 5.41) is 5.44. The van der Waals surface area contributed by atoms with E-state index in [0.717, 1.165) is 17.9 Å². The number of rotatable bonds is 7. The molecule has 8 nitrogen and oxygen atoms in total. The fourth-order valence-corrected chi connectivity index (χ4v) is 2.86. The molecular weight excluding hydrogens is 400 g/mol. The van der Waals surface area contributed by atoms with Crippen LogP contribution in [0.15, 0.2) is 76.1 Å². The van der Waals surface area contributed by atoms with Gasteiger partial charge < -0.3 is 19.8 Å². The predicted molar refractivity (Wildman–Crippen MR) is 113 cm³/mol. The molecule has 158 valence electrons. The number of anilines is 1. The number of carbonyl (C=O) groups is 3. The Bertz CT molecular complexity index is 1130. The number of hydrogen-bond donors (Lipinski definition) is 2. The first-order valence-electron chi connectivity index (χ1n) is 9.38. The number of amides is 2. The highest BCUT2D eigenvalue weighted by molar-refractivity contribution is 5.96. The minimum atomic E-state index is -0.573. The molecule has 8 heteroatoms. The average molecular weight is 420 g/mol. The van der Waals surface area contributed by atoms with Gasteiger partial charge in [0.25, 0.3) is 5.91 Å². The van der Waals surface area contributed by atoms with Crippen molar-refractivity contribution < 1.29 is 23.5 Å². The second-order valence-electron chi connectivity index (χ2n) is 6.65. The van der Waals surface area contributed by atoms with Gasteiger partial charge in [-0.1, -0.05) is 30.3 Å². The van der Waals surface area contributed by atoms with Crippen molar-refractivity contribution in [1.82, 2.24) is 5.32 Å². The molecule has 0 aliphatic rings. The average Bonchev–Trinajstić information content (AvgIpc) is 2.77. The number of carbonyl (C=O) groups excluding carboxylic acids is 3. The topological polar surface area (TPSA) is 115 Å². The normalized spacial score (nSPS) is 10.2. The van der Waals surface area contributed by atoms with Crippen molar-refractivity contribution in [3.63, 3.8) is 0 Å². The molecule has 0 fully saturated rings. The van der Waals surface area contributed by atoms with Crippen LogP contribution in [-0.2, 0) is 22.5 Å². The summed E-state index contributed by atoms with van der Waals surface area (Å²) < 4.78 is 9.46. The predicted octanol–water partition coefficient (Wildman–Crippen LogP) is 2.54. The minimum Gasteiger partial charge on any atom is -0.465 e. The van der Waals surface area contributed by atoms with Gasteiger partial charge in [-0.3, -0.25) is 9.59 Å². The summed E-state index contributed by atoms with van der Waals surface area (Å²) in [5.41, 5.74) is 1.68. The van der Waals surface area contributed by atoms with Gasteiger partial charge in [0.05, 0.1) is 24.7 Å². The minimum absolute atomic E-state index is 0.0738. The van der Waals surface area contributed by atoms with E-state index in [1.807, 2.05) is 30.3 Å². The van der Waals surface area contributed by atoms with Crippen molar-refractivity contribution in [3.8, 4) is 0 Å². The lowest BCUT2D eigenvalue weighted by atomic mass is 10.1. The van der Waals surface area contributed by atoms with Gasteiger partial charge in [0.15, 0.2) is 0 Å². The van der Waals surface area contributed by atoms with Gasteiger partial charge in [-0.25, -0.2) is 9.59 Å². The van der Waals surface area contributed by atoms with E-state index in [9.17, 15) is 19.2 Å². The van der Waals surface area contributed by atoms with Crippen molar-refractivity contribution in [3.05, 3.63) is 99.6 Å². The second-order valence-corrected chi connectivity index (χ2v) is 6.65. The fourth-order valence-electron chi connectivity index (χ4n) is 2.86. The lowest BCUT2D eigenvalue weighted by molar-refractivity contribution is -0.115. The zero-order chi connectivity index (χ0) is 22.2. The molecule has 31 heavy (non-hydrogen) atoms. The maximum atomic E-state index is 12.4. The van der Waals surface area contributed by atoms with Crippen LogP contribution in [0.25, 0.3) is 0 Å². The highest BCUT2D eigenvalue weighted by Gasteiger charge is 2.13. The molecule has 0 aliphatic carbocycles. The number of benzene rings is 2. The van der Waals surface area contributed by atoms with Crippen LogP contribution in [0.3, 0.4) is 0 Å². The zero-order valence-corrected chi connectivity index (χ0v) is 16.7. The number of ether oxygens (including phenoxy) is 1. The summed E-state index contributed by atoms with van der Waals surface area (Å²) in [7, 11) is 1.26. The Morgan fingerprint density at radius 3 is 2.39 bits per heavy atom. The van der Waals surface area contributed by atoms with E-state index in [-0.39, 0.29) is 30.0 Å². The number of esters is 1. The summed E-state index contributed by atoms with van der Waals surface area (Å²) >= 11 is 0. The summed E-state index contributed by atoms with van der Waals surface area (Å²) in [6, 6.07) is 16.5. The van der Waals surface area contributed by atoms with Gasteiger partial charge in [0.2, 0.25) is 5.91 Å². The molecule has 0 unspecified atom stereocenters. The molecule has 2 N–H and O–H groups in total. The van der Waals surface area contributed by atoms with Gasteiger partial charge in [-0.05, 0) is 35.4 Å². The van der Waals surface area contributed by atoms with Crippen LogP contribution in [-0.4, -0.2) is 24.9 Å². The van der Waals surface area contributed by atoms with Crippen LogP contribution < -0.4 is 16.3 Å². The van der Waals surface area contributed by atoms with E-state index in [1.165, 1.54) is 19.2 Å². The molecule has 3 rings (SSSR count). The molecule has 0 aliphatic heterocycles. The Kier molecular flexibility index (Phi) is 6.95. The standard InChI is InChI=1S/C23H20N2O6/c1-30-23(29)18-9-16(13-24-22(28)17-7-8-21(27)31-14-17)10-19(12-18)25-20(26)11-15-5-3-2-4-6-15/h2-10,12,14H,11,13H2,1H3,(H,24,28)(H,25,26). The van der Waals surface area contributed by atoms with Crippen LogP contribution in [0.5, 0.6) is 0 Å². The monoisotopic (exact) mass is 420 g/mol. The molecular formula is C23H20N2O6. The molecule has 1 heterocycles. The Balaban J connectivity index is 1.74. The summed E-state index contributed by atoms with van der Waals surface area (Å²) in [6.07, 6.45) is 1.24. The second kappa shape index (κ2) is 10.0. The number of methoxy groups -OCH3 is 1. The first kappa shape index (κ1) is 21.5. The molecule has 2 amide bonds. The van der Waals surface area contributed by atoms with E-state index >= 15 is 0 Å². The van der Waals surface area contributed by atoms with Gasteiger partial charge in [-0.2, -0.15) is 0 Å². The van der Waals surface area contributed by atoms with E-state index in [4.69, 9.17) is 4.74 Å². The highest BCUT2D eigenvalue weighted by Crippen LogP contribution is 2.17. The molecule has 1 aromatic heterocycles. The maximum absolute atomic E-state index is 12.4. The maximum Gasteiger partial charge on any atom is 0.337 e. The van der Waals surface area contributed by atoms with E-state index in [2.05, 4.69) is 15.1 Å². The molecule has 2 aromatic carbocycles. The van der Waals surface area contributed by atoms with E-state index in [0.29, 0.717) is 11.3 Å². The van der Waals surface area contributed by atoms with Crippen LogP contribution in [0.2, 0.25) is 0 Å². The lowest BCUT2D eigenvalue weighted by Crippen LogP contribution is -2.23. The number of hydrogen-bond acceptors (Lipinski definition) is 6. The molecule has 0 atom stereocenters. The van der Waals surface area contributed by atoms with Gasteiger partial charge in [0.1, 0.15) is 6.26 Å². The summed E-state index contributed by atoms with van der Waals surface area (Å²) in [5.74, 6) is -1.28. The fraction of sp³-hybridized carbons (Fsp3) is 0.130. The molecule has 0 saturated carbocycles. The molecule has 0 spiro atoms. The van der Waals surface area contributed by atoms with Gasteiger partial charge in [-0.15, -0.1) is 0 Å². The Morgan fingerprint density at radius 2 is 1.71 bits per heavy atom. The molecule has 0 bridgehead atoms. The Labute approximate surface area is 177 Å². The summed E-state index contributed by atoms with van der Waals surface area (Å²) in [6.45, 7) is 0.0738. The van der Waals surface area contributed by atoms with E-state index in [1.54, 1.807) is 12.1 Å². The molecule has 0 saturated heterocycles. The van der Waals surface area contributed by atoms with Crippen LogP contribution in [0.1, 0.15) is 31.8 Å². The number of nitrogens with one attached hydrogen (secondary N) is 2. The van der Waals surface area contributed by atoms with Crippen LogP contribution in [0, 0.1) is 0 Å². The Morgan fingerprint density at radius 1 is 0.935 bits per heavy atom.